The van der Waals surface area contributed by atoms with Crippen molar-refractivity contribution in [1.82, 2.24) is 4.31 Å². The lowest BCUT2D eigenvalue weighted by atomic mass is 10.2. The van der Waals surface area contributed by atoms with Crippen molar-refractivity contribution in [3.63, 3.8) is 0 Å². The molecule has 7 nitrogen and oxygen atoms in total. The van der Waals surface area contributed by atoms with E-state index in [0.717, 1.165) is 25.0 Å². The van der Waals surface area contributed by atoms with Gasteiger partial charge < -0.3 is 10.6 Å². The molecule has 0 spiro atoms. The van der Waals surface area contributed by atoms with Crippen molar-refractivity contribution in [2.24, 2.45) is 0 Å². The van der Waals surface area contributed by atoms with Crippen molar-refractivity contribution < 1.29 is 22.4 Å². The molecule has 2 aromatic rings. The molecule has 0 radical (unpaired) electrons. The van der Waals surface area contributed by atoms with Gasteiger partial charge in [0.1, 0.15) is 10.7 Å². The van der Waals surface area contributed by atoms with Crippen LogP contribution < -0.4 is 10.6 Å². The molecule has 0 aromatic heterocycles. The highest BCUT2D eigenvalue weighted by molar-refractivity contribution is 7.89. The zero-order valence-corrected chi connectivity index (χ0v) is 16.1. The summed E-state index contributed by atoms with van der Waals surface area (Å²) in [6.07, 6.45) is 1.46. The van der Waals surface area contributed by atoms with Gasteiger partial charge in [-0.1, -0.05) is 0 Å². The van der Waals surface area contributed by atoms with Crippen molar-refractivity contribution in [1.29, 1.82) is 0 Å². The molecular formula is C19H20FN3O4S. The second-order valence-electron chi connectivity index (χ2n) is 6.47. The molecule has 28 heavy (non-hydrogen) atoms. The van der Waals surface area contributed by atoms with E-state index in [9.17, 15) is 22.4 Å². The highest BCUT2D eigenvalue weighted by Gasteiger charge is 2.30. The molecule has 1 heterocycles. The lowest BCUT2D eigenvalue weighted by Crippen LogP contribution is -2.29. The highest BCUT2D eigenvalue weighted by Crippen LogP contribution is 2.24. The van der Waals surface area contributed by atoms with Crippen LogP contribution in [0, 0.1) is 5.82 Å². The van der Waals surface area contributed by atoms with Gasteiger partial charge in [0.15, 0.2) is 0 Å². The van der Waals surface area contributed by atoms with Crippen LogP contribution in [0.4, 0.5) is 15.8 Å². The minimum Gasteiger partial charge on any atom is -0.326 e. The van der Waals surface area contributed by atoms with Gasteiger partial charge in [-0.25, -0.2) is 12.8 Å². The van der Waals surface area contributed by atoms with Crippen LogP contribution in [-0.2, 0) is 14.8 Å². The maximum absolute atomic E-state index is 14.2. The topological polar surface area (TPSA) is 95.6 Å². The molecule has 1 aliphatic rings. The molecule has 2 amide bonds. The highest BCUT2D eigenvalue weighted by atomic mass is 32.2. The predicted molar refractivity (Wildman–Crippen MR) is 103 cm³/mol. The Kier molecular flexibility index (Phi) is 5.76. The summed E-state index contributed by atoms with van der Waals surface area (Å²) >= 11 is 0. The Labute approximate surface area is 162 Å². The van der Waals surface area contributed by atoms with E-state index >= 15 is 0 Å². The summed E-state index contributed by atoms with van der Waals surface area (Å²) < 4.78 is 40.7. The fraction of sp³-hybridized carbons (Fsp3) is 0.263. The first kappa shape index (κ1) is 20.0. The summed E-state index contributed by atoms with van der Waals surface area (Å²) in [5.74, 6) is -1.66. The number of halogens is 1. The summed E-state index contributed by atoms with van der Waals surface area (Å²) in [5.41, 5.74) is 1.06. The molecule has 1 fully saturated rings. The summed E-state index contributed by atoms with van der Waals surface area (Å²) in [7, 11) is -3.98. The zero-order chi connectivity index (χ0) is 20.3. The van der Waals surface area contributed by atoms with E-state index < -0.39 is 26.6 Å². The summed E-state index contributed by atoms with van der Waals surface area (Å²) in [6.45, 7) is 2.08. The number of carbonyl (C=O) groups excluding carboxylic acids is 2. The van der Waals surface area contributed by atoms with Crippen LogP contribution in [0.1, 0.15) is 30.1 Å². The van der Waals surface area contributed by atoms with Gasteiger partial charge in [-0.15, -0.1) is 0 Å². The quantitative estimate of drug-likeness (QED) is 0.800. The third-order valence-electron chi connectivity index (χ3n) is 4.34. The van der Waals surface area contributed by atoms with Crippen LogP contribution in [0.2, 0.25) is 0 Å². The lowest BCUT2D eigenvalue weighted by Gasteiger charge is -2.16. The van der Waals surface area contributed by atoms with Crippen molar-refractivity contribution in [2.75, 3.05) is 23.7 Å². The first-order valence-corrected chi connectivity index (χ1v) is 10.2. The van der Waals surface area contributed by atoms with Crippen molar-refractivity contribution in [3.05, 3.63) is 53.8 Å². The zero-order valence-electron chi connectivity index (χ0n) is 15.2. The Morgan fingerprint density at radius 1 is 0.964 bits per heavy atom. The third-order valence-corrected chi connectivity index (χ3v) is 6.25. The number of nitrogens with zero attached hydrogens (tertiary/aromatic N) is 1. The number of benzene rings is 2. The average Bonchev–Trinajstić information content (AvgIpc) is 3.18. The Morgan fingerprint density at radius 2 is 1.54 bits per heavy atom. The van der Waals surface area contributed by atoms with Gasteiger partial charge in [-0.2, -0.15) is 4.31 Å². The van der Waals surface area contributed by atoms with Crippen molar-refractivity contribution in [3.8, 4) is 0 Å². The number of carbonyl (C=O) groups is 2. The summed E-state index contributed by atoms with van der Waals surface area (Å²) in [4.78, 5) is 23.0. The minimum atomic E-state index is -3.98. The fourth-order valence-electron chi connectivity index (χ4n) is 2.95. The molecule has 2 aromatic carbocycles. The molecule has 1 aliphatic heterocycles. The maximum Gasteiger partial charge on any atom is 0.255 e. The first-order chi connectivity index (χ1) is 13.3. The second-order valence-corrected chi connectivity index (χ2v) is 8.38. The van der Waals surface area contributed by atoms with E-state index in [1.54, 1.807) is 24.3 Å². The molecule has 0 bridgehead atoms. The molecule has 3 rings (SSSR count). The van der Waals surface area contributed by atoms with E-state index in [4.69, 9.17) is 0 Å². The third kappa shape index (κ3) is 4.37. The fourth-order valence-corrected chi connectivity index (χ4v) is 4.56. The Hall–Kier alpha value is -2.78. The first-order valence-electron chi connectivity index (χ1n) is 8.76. The predicted octanol–water partition coefficient (Wildman–Crippen LogP) is 2.82. The summed E-state index contributed by atoms with van der Waals surface area (Å²) in [6, 6.07) is 9.69. The van der Waals surface area contributed by atoms with Gasteiger partial charge in [-0.05, 0) is 55.3 Å². The van der Waals surface area contributed by atoms with Crippen LogP contribution in [0.15, 0.2) is 47.4 Å². The number of amides is 2. The molecular weight excluding hydrogens is 385 g/mol. The smallest absolute Gasteiger partial charge is 0.255 e. The van der Waals surface area contributed by atoms with Crippen LogP contribution in [0.5, 0.6) is 0 Å². The van der Waals surface area contributed by atoms with Gasteiger partial charge in [0.2, 0.25) is 15.9 Å². The molecule has 1 saturated heterocycles. The number of anilines is 2. The average molecular weight is 405 g/mol. The second kappa shape index (κ2) is 8.07. The number of hydrogen-bond acceptors (Lipinski definition) is 4. The number of sulfonamides is 1. The van der Waals surface area contributed by atoms with Crippen LogP contribution >= 0.6 is 0 Å². The lowest BCUT2D eigenvalue weighted by molar-refractivity contribution is -0.114. The number of rotatable bonds is 5. The van der Waals surface area contributed by atoms with Crippen molar-refractivity contribution >= 4 is 33.2 Å². The molecule has 9 heteroatoms. The van der Waals surface area contributed by atoms with E-state index in [2.05, 4.69) is 10.6 Å². The van der Waals surface area contributed by atoms with Crippen LogP contribution in [0.25, 0.3) is 0 Å². The largest absolute Gasteiger partial charge is 0.326 e. The van der Waals surface area contributed by atoms with Crippen LogP contribution in [0.3, 0.4) is 0 Å². The normalized spacial score (nSPS) is 14.6. The maximum atomic E-state index is 14.2. The SMILES string of the molecule is CC(=O)Nc1ccc(NC(=O)c2ccc(F)c(S(=O)(=O)N3CCCC3)c2)cc1. The van der Waals surface area contributed by atoms with Gasteiger partial charge in [0.05, 0.1) is 0 Å². The standard InChI is InChI=1S/C19H20FN3O4S/c1-13(24)21-15-5-7-16(8-6-15)22-19(25)14-4-9-17(20)18(12-14)28(26,27)23-10-2-3-11-23/h4-9,12H,2-3,10-11H2,1H3,(H,21,24)(H,22,25). The van der Waals surface area contributed by atoms with E-state index in [1.165, 1.54) is 17.3 Å². The van der Waals surface area contributed by atoms with E-state index in [0.29, 0.717) is 24.5 Å². The molecule has 0 unspecified atom stereocenters. The molecule has 0 saturated carbocycles. The summed E-state index contributed by atoms with van der Waals surface area (Å²) in [5, 5.41) is 5.23. The van der Waals surface area contributed by atoms with Gasteiger partial charge >= 0.3 is 0 Å². The van der Waals surface area contributed by atoms with Gasteiger partial charge in [0.25, 0.3) is 5.91 Å². The van der Waals surface area contributed by atoms with Crippen molar-refractivity contribution in [2.45, 2.75) is 24.7 Å². The van der Waals surface area contributed by atoms with Crippen LogP contribution in [-0.4, -0.2) is 37.6 Å². The number of nitrogens with one attached hydrogen (secondary N) is 2. The Bertz CT molecular complexity index is 1000. The Balaban J connectivity index is 1.80. The van der Waals surface area contributed by atoms with E-state index in [1.807, 2.05) is 0 Å². The molecule has 2 N–H and O–H groups in total. The van der Waals surface area contributed by atoms with E-state index in [-0.39, 0.29) is 11.5 Å². The molecule has 0 atom stereocenters. The molecule has 148 valence electrons. The monoisotopic (exact) mass is 405 g/mol. The minimum absolute atomic E-state index is 0.0325. The molecule has 0 aliphatic carbocycles. The van der Waals surface area contributed by atoms with Gasteiger partial charge in [0, 0.05) is 37.0 Å². The number of hydrogen-bond donors (Lipinski definition) is 2. The van der Waals surface area contributed by atoms with Gasteiger partial charge in [-0.3, -0.25) is 9.59 Å². The Morgan fingerprint density at radius 3 is 2.11 bits per heavy atom.